The largest absolute Gasteiger partial charge is 0.331 e. The van der Waals surface area contributed by atoms with E-state index in [9.17, 15) is 0 Å². The van der Waals surface area contributed by atoms with E-state index in [1.807, 2.05) is 42.6 Å². The van der Waals surface area contributed by atoms with Crippen LogP contribution in [0.4, 0.5) is 0 Å². The smallest absolute Gasteiger partial charge is 0.139 e. The van der Waals surface area contributed by atoms with Gasteiger partial charge in [0.25, 0.3) is 0 Å². The third kappa shape index (κ3) is 3.35. The van der Waals surface area contributed by atoms with Crippen molar-refractivity contribution in [3.8, 4) is 22.5 Å². The predicted molar refractivity (Wildman–Crippen MR) is 97.8 cm³/mol. The van der Waals surface area contributed by atoms with Crippen molar-refractivity contribution in [1.29, 1.82) is 0 Å². The highest BCUT2D eigenvalue weighted by Gasteiger charge is 2.07. The molecule has 5 nitrogen and oxygen atoms in total. The van der Waals surface area contributed by atoms with Crippen molar-refractivity contribution in [1.82, 2.24) is 24.3 Å². The summed E-state index contributed by atoms with van der Waals surface area (Å²) in [7, 11) is 1.94. The molecule has 25 heavy (non-hydrogen) atoms. The molecular weight excluding hydrogens is 310 g/mol. The van der Waals surface area contributed by atoms with Gasteiger partial charge >= 0.3 is 0 Å². The highest BCUT2D eigenvalue weighted by molar-refractivity contribution is 5.67. The molecule has 0 bridgehead atoms. The van der Waals surface area contributed by atoms with E-state index in [1.165, 1.54) is 5.56 Å². The molecular formula is C20H19N5. The normalized spacial score (nSPS) is 10.9. The van der Waals surface area contributed by atoms with E-state index < -0.39 is 0 Å². The average molecular weight is 329 g/mol. The van der Waals surface area contributed by atoms with Crippen LogP contribution in [0.3, 0.4) is 0 Å². The first-order valence-electron chi connectivity index (χ1n) is 8.29. The van der Waals surface area contributed by atoms with Crippen LogP contribution < -0.4 is 0 Å². The highest BCUT2D eigenvalue weighted by atomic mass is 15.2. The number of pyridine rings is 1. The fraction of sp³-hybridized carbons (Fsp3) is 0.150. The van der Waals surface area contributed by atoms with Crippen LogP contribution in [0.1, 0.15) is 5.56 Å². The Kier molecular flexibility index (Phi) is 4.12. The molecule has 0 aliphatic carbocycles. The lowest BCUT2D eigenvalue weighted by molar-refractivity contribution is 0.701. The van der Waals surface area contributed by atoms with Crippen molar-refractivity contribution in [2.45, 2.75) is 13.0 Å². The number of hydrogen-bond donors (Lipinski definition) is 0. The third-order valence-electron chi connectivity index (χ3n) is 4.25. The van der Waals surface area contributed by atoms with E-state index in [2.05, 4.69) is 56.2 Å². The van der Waals surface area contributed by atoms with Crippen molar-refractivity contribution in [2.24, 2.45) is 7.05 Å². The molecule has 0 spiro atoms. The van der Waals surface area contributed by atoms with Crippen LogP contribution in [-0.4, -0.2) is 24.3 Å². The van der Waals surface area contributed by atoms with Gasteiger partial charge in [0.15, 0.2) is 0 Å². The van der Waals surface area contributed by atoms with E-state index in [0.29, 0.717) is 0 Å². The van der Waals surface area contributed by atoms with Gasteiger partial charge in [-0.1, -0.05) is 30.3 Å². The quantitative estimate of drug-likeness (QED) is 0.562. The molecule has 0 unspecified atom stereocenters. The van der Waals surface area contributed by atoms with Gasteiger partial charge in [-0.05, 0) is 29.2 Å². The van der Waals surface area contributed by atoms with Crippen molar-refractivity contribution < 1.29 is 0 Å². The lowest BCUT2D eigenvalue weighted by Gasteiger charge is -2.08. The Morgan fingerprint density at radius 1 is 0.920 bits per heavy atom. The van der Waals surface area contributed by atoms with E-state index >= 15 is 0 Å². The average Bonchev–Trinajstić information content (AvgIpc) is 3.29. The summed E-state index contributed by atoms with van der Waals surface area (Å²) in [5.41, 5.74) is 4.62. The maximum atomic E-state index is 4.54. The minimum absolute atomic E-state index is 0.880. The Bertz CT molecular complexity index is 951. The Morgan fingerprint density at radius 2 is 1.76 bits per heavy atom. The first-order valence-corrected chi connectivity index (χ1v) is 8.29. The standard InChI is InChI=1S/C20H19N5/c1-24-15-16(13-23-24)8-11-25-12-10-22-20(25)18-6-4-17(5-7-18)19-3-2-9-21-14-19/h2-7,9-10,12-15H,8,11H2,1H3. The van der Waals surface area contributed by atoms with Crippen LogP contribution in [0.15, 0.2) is 73.6 Å². The van der Waals surface area contributed by atoms with Crippen LogP contribution >= 0.6 is 0 Å². The van der Waals surface area contributed by atoms with Crippen molar-refractivity contribution >= 4 is 0 Å². The van der Waals surface area contributed by atoms with E-state index in [4.69, 9.17) is 0 Å². The monoisotopic (exact) mass is 329 g/mol. The number of aryl methyl sites for hydroxylation is 3. The lowest BCUT2D eigenvalue weighted by atomic mass is 10.1. The second-order valence-corrected chi connectivity index (χ2v) is 6.04. The number of nitrogens with zero attached hydrogens (tertiary/aromatic N) is 5. The summed E-state index contributed by atoms with van der Waals surface area (Å²) >= 11 is 0. The number of aromatic nitrogens is 5. The molecule has 0 radical (unpaired) electrons. The van der Waals surface area contributed by atoms with Crippen molar-refractivity contribution in [3.63, 3.8) is 0 Å². The Balaban J connectivity index is 1.53. The van der Waals surface area contributed by atoms with Crippen LogP contribution in [0, 0.1) is 0 Å². The summed E-state index contributed by atoms with van der Waals surface area (Å²) in [6.45, 7) is 0.880. The lowest BCUT2D eigenvalue weighted by Crippen LogP contribution is -2.02. The minimum atomic E-state index is 0.880. The van der Waals surface area contributed by atoms with Gasteiger partial charge in [-0.15, -0.1) is 0 Å². The molecule has 0 fully saturated rings. The minimum Gasteiger partial charge on any atom is -0.331 e. The first kappa shape index (κ1) is 15.3. The zero-order valence-electron chi connectivity index (χ0n) is 14.1. The molecule has 0 saturated heterocycles. The van der Waals surface area contributed by atoms with Crippen LogP contribution in [0.5, 0.6) is 0 Å². The molecule has 1 aromatic carbocycles. The van der Waals surface area contributed by atoms with Gasteiger partial charge in [0, 0.05) is 50.1 Å². The van der Waals surface area contributed by atoms with E-state index in [0.717, 1.165) is 35.5 Å². The predicted octanol–water partition coefficient (Wildman–Crippen LogP) is 3.59. The van der Waals surface area contributed by atoms with Crippen LogP contribution in [0.2, 0.25) is 0 Å². The molecule has 124 valence electrons. The van der Waals surface area contributed by atoms with Gasteiger partial charge in [-0.2, -0.15) is 5.10 Å². The van der Waals surface area contributed by atoms with Gasteiger partial charge in [0.1, 0.15) is 5.82 Å². The molecule has 0 amide bonds. The van der Waals surface area contributed by atoms with E-state index in [-0.39, 0.29) is 0 Å². The van der Waals surface area contributed by atoms with Crippen LogP contribution in [0.25, 0.3) is 22.5 Å². The molecule has 0 aliphatic rings. The molecule has 4 aromatic rings. The maximum Gasteiger partial charge on any atom is 0.139 e. The summed E-state index contributed by atoms with van der Waals surface area (Å²) in [6.07, 6.45) is 12.5. The fourth-order valence-corrected chi connectivity index (χ4v) is 2.95. The number of imidazole rings is 1. The van der Waals surface area contributed by atoms with Crippen LogP contribution in [-0.2, 0) is 20.0 Å². The van der Waals surface area contributed by atoms with Gasteiger partial charge < -0.3 is 4.57 Å². The zero-order chi connectivity index (χ0) is 17.1. The van der Waals surface area contributed by atoms with Crippen molar-refractivity contribution in [3.05, 3.63) is 79.1 Å². The topological polar surface area (TPSA) is 48.5 Å². The molecule has 0 aliphatic heterocycles. The molecule has 3 aromatic heterocycles. The number of rotatable bonds is 5. The van der Waals surface area contributed by atoms with Gasteiger partial charge in [0.05, 0.1) is 6.20 Å². The Morgan fingerprint density at radius 3 is 2.48 bits per heavy atom. The molecule has 0 saturated carbocycles. The molecule has 5 heteroatoms. The van der Waals surface area contributed by atoms with Gasteiger partial charge in [-0.3, -0.25) is 9.67 Å². The summed E-state index contributed by atoms with van der Waals surface area (Å²) in [4.78, 5) is 8.72. The number of hydrogen-bond acceptors (Lipinski definition) is 3. The molecule has 0 atom stereocenters. The highest BCUT2D eigenvalue weighted by Crippen LogP contribution is 2.23. The molecule has 3 heterocycles. The first-order chi connectivity index (χ1) is 12.3. The van der Waals surface area contributed by atoms with Crippen molar-refractivity contribution in [2.75, 3.05) is 0 Å². The second-order valence-electron chi connectivity index (χ2n) is 6.04. The second kappa shape index (κ2) is 6.73. The van der Waals surface area contributed by atoms with E-state index in [1.54, 1.807) is 6.20 Å². The zero-order valence-corrected chi connectivity index (χ0v) is 14.1. The molecule has 4 rings (SSSR count). The Hall–Kier alpha value is -3.21. The summed E-state index contributed by atoms with van der Waals surface area (Å²) < 4.78 is 4.02. The molecule has 0 N–H and O–H groups in total. The SMILES string of the molecule is Cn1cc(CCn2ccnc2-c2ccc(-c3cccnc3)cc2)cn1. The Labute approximate surface area is 146 Å². The summed E-state index contributed by atoms with van der Waals surface area (Å²) in [5, 5.41) is 4.22. The maximum absolute atomic E-state index is 4.54. The fourth-order valence-electron chi connectivity index (χ4n) is 2.95. The summed E-state index contributed by atoms with van der Waals surface area (Å²) in [6, 6.07) is 12.5. The van der Waals surface area contributed by atoms with Gasteiger partial charge in [0.2, 0.25) is 0 Å². The number of benzene rings is 1. The summed E-state index contributed by atoms with van der Waals surface area (Å²) in [5.74, 6) is 0.988. The van der Waals surface area contributed by atoms with Gasteiger partial charge in [-0.25, -0.2) is 4.98 Å². The third-order valence-corrected chi connectivity index (χ3v) is 4.25.